The number of amides is 1. The molecule has 0 atom stereocenters. The van der Waals surface area contributed by atoms with E-state index in [1.807, 2.05) is 0 Å². The van der Waals surface area contributed by atoms with Gasteiger partial charge in [0.05, 0.1) is 11.6 Å². The number of sulfonamides is 1. The molecule has 1 amide bonds. The van der Waals surface area contributed by atoms with Crippen LogP contribution in [0.25, 0.3) is 0 Å². The second kappa shape index (κ2) is 8.28. The fourth-order valence-electron chi connectivity index (χ4n) is 1.95. The Bertz CT molecular complexity index is 857. The maximum absolute atomic E-state index is 12.9. The molecule has 0 aromatic heterocycles. The predicted octanol–water partition coefficient (Wildman–Crippen LogP) is 2.66. The van der Waals surface area contributed by atoms with Crippen molar-refractivity contribution in [3.63, 3.8) is 0 Å². The van der Waals surface area contributed by atoms with Crippen LogP contribution in [0.3, 0.4) is 0 Å². The van der Waals surface area contributed by atoms with Crippen molar-refractivity contribution in [3.8, 4) is 0 Å². The lowest BCUT2D eigenvalue weighted by Crippen LogP contribution is -2.27. The van der Waals surface area contributed by atoms with Gasteiger partial charge in [-0.15, -0.1) is 0 Å². The van der Waals surface area contributed by atoms with Crippen molar-refractivity contribution in [3.05, 3.63) is 58.9 Å². The molecule has 9 heteroatoms. The molecule has 0 heterocycles. The van der Waals surface area contributed by atoms with E-state index in [0.717, 1.165) is 12.1 Å². The highest BCUT2D eigenvalue weighted by Crippen LogP contribution is 2.25. The summed E-state index contributed by atoms with van der Waals surface area (Å²) in [5.74, 6) is -0.942. The number of rotatable bonds is 7. The van der Waals surface area contributed by atoms with Gasteiger partial charge in [-0.25, -0.2) is 12.8 Å². The average Bonchev–Trinajstić information content (AvgIpc) is 2.57. The minimum Gasteiger partial charge on any atom is -0.383 e. The van der Waals surface area contributed by atoms with E-state index in [0.29, 0.717) is 6.61 Å². The average molecular weight is 387 g/mol. The summed E-state index contributed by atoms with van der Waals surface area (Å²) in [5, 5.41) is 2.55. The fourth-order valence-corrected chi connectivity index (χ4v) is 3.53. The summed E-state index contributed by atoms with van der Waals surface area (Å²) in [7, 11) is -2.55. The molecular formula is C16H16ClFN2O4S. The molecule has 134 valence electrons. The van der Waals surface area contributed by atoms with Crippen LogP contribution in [0.1, 0.15) is 10.4 Å². The second-order valence-corrected chi connectivity index (χ2v) is 7.06. The summed E-state index contributed by atoms with van der Waals surface area (Å²) in [4.78, 5) is 11.8. The van der Waals surface area contributed by atoms with E-state index in [1.54, 1.807) is 0 Å². The van der Waals surface area contributed by atoms with Gasteiger partial charge in [-0.05, 0) is 42.5 Å². The van der Waals surface area contributed by atoms with E-state index in [1.165, 1.54) is 37.4 Å². The van der Waals surface area contributed by atoms with Gasteiger partial charge >= 0.3 is 0 Å². The van der Waals surface area contributed by atoms with Crippen LogP contribution in [0.5, 0.6) is 0 Å². The predicted molar refractivity (Wildman–Crippen MR) is 92.9 cm³/mol. The number of carbonyl (C=O) groups is 1. The van der Waals surface area contributed by atoms with Crippen LogP contribution in [0.4, 0.5) is 10.1 Å². The summed E-state index contributed by atoms with van der Waals surface area (Å²) in [5.41, 5.74) is 0.312. The van der Waals surface area contributed by atoms with Gasteiger partial charge < -0.3 is 10.1 Å². The van der Waals surface area contributed by atoms with Gasteiger partial charge in [-0.1, -0.05) is 11.6 Å². The zero-order valence-corrected chi connectivity index (χ0v) is 14.8. The number of halogens is 2. The molecule has 2 aromatic rings. The summed E-state index contributed by atoms with van der Waals surface area (Å²) in [6, 6.07) is 8.73. The van der Waals surface area contributed by atoms with Crippen molar-refractivity contribution in [2.75, 3.05) is 25.0 Å². The van der Waals surface area contributed by atoms with Crippen LogP contribution in [0.2, 0.25) is 5.02 Å². The fraction of sp³-hybridized carbons (Fsp3) is 0.188. The summed E-state index contributed by atoms with van der Waals surface area (Å²) < 4.78 is 45.0. The normalized spacial score (nSPS) is 11.2. The largest absolute Gasteiger partial charge is 0.383 e. The van der Waals surface area contributed by atoms with Gasteiger partial charge in [-0.2, -0.15) is 0 Å². The lowest BCUT2D eigenvalue weighted by Gasteiger charge is -2.11. The minimum atomic E-state index is -4.05. The number of methoxy groups -OCH3 is 1. The van der Waals surface area contributed by atoms with E-state index < -0.39 is 21.7 Å². The molecule has 0 radical (unpaired) electrons. The van der Waals surface area contributed by atoms with Gasteiger partial charge in [0.2, 0.25) is 0 Å². The first kappa shape index (κ1) is 19.2. The number of ether oxygens (including phenoxy) is 1. The topological polar surface area (TPSA) is 84.5 Å². The molecule has 2 rings (SSSR count). The van der Waals surface area contributed by atoms with Crippen molar-refractivity contribution in [2.45, 2.75) is 4.90 Å². The maximum atomic E-state index is 12.9. The Kier molecular flexibility index (Phi) is 6.35. The summed E-state index contributed by atoms with van der Waals surface area (Å²) in [6.07, 6.45) is 0. The Morgan fingerprint density at radius 3 is 2.52 bits per heavy atom. The van der Waals surface area contributed by atoms with Crippen LogP contribution < -0.4 is 10.0 Å². The van der Waals surface area contributed by atoms with E-state index in [-0.39, 0.29) is 27.7 Å². The minimum absolute atomic E-state index is 0.0388. The van der Waals surface area contributed by atoms with E-state index in [4.69, 9.17) is 16.3 Å². The first-order valence-electron chi connectivity index (χ1n) is 7.18. The van der Waals surface area contributed by atoms with E-state index in [9.17, 15) is 17.6 Å². The van der Waals surface area contributed by atoms with E-state index >= 15 is 0 Å². The Labute approximate surface area is 150 Å². The lowest BCUT2D eigenvalue weighted by atomic mass is 10.2. The number of carbonyl (C=O) groups excluding carboxylic acids is 1. The lowest BCUT2D eigenvalue weighted by molar-refractivity contribution is 0.0937. The monoisotopic (exact) mass is 386 g/mol. The number of benzene rings is 2. The Balaban J connectivity index is 2.26. The zero-order valence-electron chi connectivity index (χ0n) is 13.3. The van der Waals surface area contributed by atoms with Gasteiger partial charge in [-0.3, -0.25) is 9.52 Å². The summed E-state index contributed by atoms with van der Waals surface area (Å²) >= 11 is 5.97. The molecule has 0 unspecified atom stereocenters. The third kappa shape index (κ3) is 5.15. The SMILES string of the molecule is COCCNC(=O)c1ccc(Cl)c(S(=O)(=O)Nc2ccc(F)cc2)c1. The molecule has 2 aromatic carbocycles. The number of anilines is 1. The van der Waals surface area contributed by atoms with Gasteiger partial charge in [0.15, 0.2) is 0 Å². The third-order valence-corrected chi connectivity index (χ3v) is 5.03. The molecule has 0 saturated carbocycles. The van der Waals surface area contributed by atoms with Crippen molar-refractivity contribution in [2.24, 2.45) is 0 Å². The molecule has 0 saturated heterocycles. The van der Waals surface area contributed by atoms with E-state index in [2.05, 4.69) is 10.0 Å². The molecule has 0 bridgehead atoms. The number of nitrogens with one attached hydrogen (secondary N) is 2. The molecule has 2 N–H and O–H groups in total. The molecule has 6 nitrogen and oxygen atoms in total. The maximum Gasteiger partial charge on any atom is 0.263 e. The molecule has 0 spiro atoms. The highest BCUT2D eigenvalue weighted by molar-refractivity contribution is 7.92. The van der Waals surface area contributed by atoms with Crippen LogP contribution >= 0.6 is 11.6 Å². The Hall–Kier alpha value is -2.16. The van der Waals surface area contributed by atoms with Gasteiger partial charge in [0.25, 0.3) is 15.9 Å². The van der Waals surface area contributed by atoms with Gasteiger partial charge in [0.1, 0.15) is 10.7 Å². The number of hydrogen-bond acceptors (Lipinski definition) is 4. The smallest absolute Gasteiger partial charge is 0.263 e. The molecular weight excluding hydrogens is 371 g/mol. The zero-order chi connectivity index (χ0) is 18.4. The molecule has 0 aliphatic carbocycles. The third-order valence-electron chi connectivity index (χ3n) is 3.17. The van der Waals surface area contributed by atoms with Crippen molar-refractivity contribution < 1.29 is 22.3 Å². The molecule has 25 heavy (non-hydrogen) atoms. The number of hydrogen-bond donors (Lipinski definition) is 2. The molecule has 0 aliphatic rings. The summed E-state index contributed by atoms with van der Waals surface area (Å²) in [6.45, 7) is 0.616. The highest BCUT2D eigenvalue weighted by Gasteiger charge is 2.20. The van der Waals surface area contributed by atoms with Gasteiger partial charge in [0, 0.05) is 24.9 Å². The van der Waals surface area contributed by atoms with Crippen molar-refractivity contribution in [1.82, 2.24) is 5.32 Å². The highest BCUT2D eigenvalue weighted by atomic mass is 35.5. The first-order chi connectivity index (χ1) is 11.8. The first-order valence-corrected chi connectivity index (χ1v) is 9.04. The molecule has 0 fully saturated rings. The van der Waals surface area contributed by atoms with Crippen molar-refractivity contribution in [1.29, 1.82) is 0 Å². The van der Waals surface area contributed by atoms with Crippen LogP contribution in [0.15, 0.2) is 47.4 Å². The van der Waals surface area contributed by atoms with Crippen LogP contribution in [0, 0.1) is 5.82 Å². The van der Waals surface area contributed by atoms with Crippen molar-refractivity contribution >= 4 is 33.2 Å². The van der Waals surface area contributed by atoms with Crippen LogP contribution in [-0.2, 0) is 14.8 Å². The Morgan fingerprint density at radius 1 is 1.20 bits per heavy atom. The van der Waals surface area contributed by atoms with Crippen LogP contribution in [-0.4, -0.2) is 34.6 Å². The standard InChI is InChI=1S/C16H16ClFN2O4S/c1-24-9-8-19-16(21)11-2-7-14(17)15(10-11)25(22,23)20-13-5-3-12(18)4-6-13/h2-7,10,20H,8-9H2,1H3,(H,19,21). The molecule has 0 aliphatic heterocycles. The Morgan fingerprint density at radius 2 is 1.88 bits per heavy atom. The second-order valence-electron chi connectivity index (χ2n) is 5.01. The quantitative estimate of drug-likeness (QED) is 0.716.